The van der Waals surface area contributed by atoms with Crippen LogP contribution in [0.15, 0.2) is 42.5 Å². The molecule has 0 amide bonds. The maximum absolute atomic E-state index is 12.8. The molecule has 0 aliphatic carbocycles. The summed E-state index contributed by atoms with van der Waals surface area (Å²) in [6.07, 6.45) is -3.83. The molecule has 0 aliphatic rings. The van der Waals surface area contributed by atoms with E-state index in [-0.39, 0.29) is 18.8 Å². The van der Waals surface area contributed by atoms with Gasteiger partial charge in [-0.25, -0.2) is 0 Å². The number of aryl methyl sites for hydroxylation is 1. The third-order valence-electron chi connectivity index (χ3n) is 4.03. The predicted molar refractivity (Wildman–Crippen MR) is 109 cm³/mol. The van der Waals surface area contributed by atoms with Gasteiger partial charge in [0.2, 0.25) is 0 Å². The quantitative estimate of drug-likeness (QED) is 0.391. The van der Waals surface area contributed by atoms with E-state index in [1.165, 1.54) is 10.5 Å². The molecule has 0 radical (unpaired) electrons. The van der Waals surface area contributed by atoms with Crippen LogP contribution in [0.4, 0.5) is 30.2 Å². The van der Waals surface area contributed by atoms with Crippen LogP contribution in [-0.2, 0) is 6.18 Å². The normalized spacial score (nSPS) is 10.7. The van der Waals surface area contributed by atoms with E-state index in [0.717, 1.165) is 0 Å². The summed E-state index contributed by atoms with van der Waals surface area (Å²) in [6.45, 7) is 6.15. The fraction of sp³-hybridized carbons (Fsp3) is 0.400. The lowest BCUT2D eigenvalue weighted by Crippen LogP contribution is -2.27. The highest BCUT2D eigenvalue weighted by molar-refractivity contribution is 5.76. The molecule has 0 unspecified atom stereocenters. The van der Waals surface area contributed by atoms with Crippen molar-refractivity contribution in [1.82, 2.24) is 0 Å². The smallest absolute Gasteiger partial charge is 0.360 e. The van der Waals surface area contributed by atoms with Crippen molar-refractivity contribution in [2.45, 2.75) is 39.8 Å². The number of nitro benzene ring substituents is 2. The fourth-order valence-electron chi connectivity index (χ4n) is 2.78. The van der Waals surface area contributed by atoms with Crippen LogP contribution in [0.2, 0.25) is 0 Å². The van der Waals surface area contributed by atoms with Crippen molar-refractivity contribution in [1.29, 1.82) is 0 Å². The number of halogens is 3. The van der Waals surface area contributed by atoms with E-state index in [2.05, 4.69) is 19.1 Å². The van der Waals surface area contributed by atoms with Crippen LogP contribution in [0.25, 0.3) is 0 Å². The molecule has 0 atom stereocenters. The van der Waals surface area contributed by atoms with Gasteiger partial charge in [0.25, 0.3) is 11.4 Å². The highest BCUT2D eigenvalue weighted by atomic mass is 19.4. The predicted octanol–water partition coefficient (Wildman–Crippen LogP) is 6.14. The minimum atomic E-state index is -4.91. The van der Waals surface area contributed by atoms with Crippen LogP contribution < -0.4 is 4.90 Å². The van der Waals surface area contributed by atoms with Gasteiger partial charge < -0.3 is 4.90 Å². The van der Waals surface area contributed by atoms with Gasteiger partial charge in [0.1, 0.15) is 0 Å². The Morgan fingerprint density at radius 2 is 1.33 bits per heavy atom. The van der Waals surface area contributed by atoms with Gasteiger partial charge in [-0.2, -0.15) is 13.2 Å². The van der Waals surface area contributed by atoms with E-state index < -0.39 is 33.0 Å². The molecule has 0 saturated heterocycles. The third-order valence-corrected chi connectivity index (χ3v) is 4.03. The number of benzene rings is 2. The maximum atomic E-state index is 12.8. The monoisotopic (exact) mass is 427 g/mol. The van der Waals surface area contributed by atoms with Gasteiger partial charge in [-0.15, -0.1) is 0 Å². The molecule has 10 heteroatoms. The Morgan fingerprint density at radius 3 is 1.60 bits per heavy atom. The van der Waals surface area contributed by atoms with Crippen LogP contribution in [0.1, 0.15) is 37.8 Å². The van der Waals surface area contributed by atoms with Crippen molar-refractivity contribution in [3.63, 3.8) is 0 Å². The summed E-state index contributed by atoms with van der Waals surface area (Å²) in [4.78, 5) is 21.7. The molecule has 0 aromatic heterocycles. The first-order valence-electron chi connectivity index (χ1n) is 9.33. The zero-order valence-electron chi connectivity index (χ0n) is 17.0. The Morgan fingerprint density at radius 1 is 0.900 bits per heavy atom. The molecule has 0 aliphatic heterocycles. The Labute approximate surface area is 172 Å². The van der Waals surface area contributed by atoms with Gasteiger partial charge in [0.15, 0.2) is 5.69 Å². The van der Waals surface area contributed by atoms with Gasteiger partial charge in [-0.1, -0.05) is 49.7 Å². The lowest BCUT2D eigenvalue weighted by molar-refractivity contribution is -0.393. The molecule has 0 fully saturated rings. The van der Waals surface area contributed by atoms with Crippen molar-refractivity contribution < 1.29 is 23.0 Å². The summed E-state index contributed by atoms with van der Waals surface area (Å²) in [5.74, 6) is 0. The van der Waals surface area contributed by atoms with Gasteiger partial charge >= 0.3 is 6.18 Å². The summed E-state index contributed by atoms with van der Waals surface area (Å²) in [5, 5.41) is 22.4. The Bertz CT molecular complexity index is 817. The van der Waals surface area contributed by atoms with Crippen LogP contribution >= 0.6 is 0 Å². The average Bonchev–Trinajstić information content (AvgIpc) is 2.67. The average molecular weight is 427 g/mol. The van der Waals surface area contributed by atoms with Crippen molar-refractivity contribution >= 4 is 17.1 Å². The number of hydrogen-bond acceptors (Lipinski definition) is 5. The molecule has 0 spiro atoms. The maximum Gasteiger partial charge on any atom is 0.416 e. The summed E-state index contributed by atoms with van der Waals surface area (Å²) in [6, 6.07) is 11.0. The summed E-state index contributed by atoms with van der Waals surface area (Å²) in [5.41, 5.74) is -2.28. The molecule has 2 aromatic carbocycles. The summed E-state index contributed by atoms with van der Waals surface area (Å²) >= 11 is 0. The Hall–Kier alpha value is -3.17. The first-order valence-corrected chi connectivity index (χ1v) is 9.33. The van der Waals surface area contributed by atoms with E-state index >= 15 is 0 Å². The largest absolute Gasteiger partial charge is 0.416 e. The molecular weight excluding hydrogens is 403 g/mol. The van der Waals surface area contributed by atoms with Gasteiger partial charge in [0.05, 0.1) is 15.4 Å². The minimum Gasteiger partial charge on any atom is -0.360 e. The summed E-state index contributed by atoms with van der Waals surface area (Å²) < 4.78 is 38.5. The third kappa shape index (κ3) is 7.02. The van der Waals surface area contributed by atoms with Crippen molar-refractivity contribution in [3.05, 3.63) is 73.8 Å². The Balaban J connectivity index is 0.000000539. The van der Waals surface area contributed by atoms with E-state index in [1.54, 1.807) is 13.8 Å². The molecule has 30 heavy (non-hydrogen) atoms. The second kappa shape index (κ2) is 11.1. The van der Waals surface area contributed by atoms with E-state index in [0.29, 0.717) is 25.0 Å². The zero-order valence-corrected chi connectivity index (χ0v) is 17.0. The van der Waals surface area contributed by atoms with Crippen molar-refractivity contribution in [2.75, 3.05) is 18.0 Å². The molecule has 0 saturated carbocycles. The fourth-order valence-corrected chi connectivity index (χ4v) is 2.78. The van der Waals surface area contributed by atoms with Crippen LogP contribution in [0, 0.1) is 27.2 Å². The standard InChI is InChI=1S/C13H16F3N3O4.C7H8/c1-3-5-17(6-4-2)12-10(18(20)21)7-9(13(14,15)16)8-11(12)19(22)23;1-7-5-3-2-4-6-7/h7-8H,3-6H2,1-2H3;2-6H,1H3. The lowest BCUT2D eigenvalue weighted by atomic mass is 10.1. The van der Waals surface area contributed by atoms with Gasteiger partial charge in [-0.3, -0.25) is 20.2 Å². The molecule has 0 N–H and O–H groups in total. The van der Waals surface area contributed by atoms with E-state index in [1.807, 2.05) is 18.2 Å². The van der Waals surface area contributed by atoms with Crippen LogP contribution in [0.5, 0.6) is 0 Å². The topological polar surface area (TPSA) is 89.5 Å². The minimum absolute atomic E-state index is 0.265. The molecule has 2 rings (SSSR count). The molecular formula is C20H24F3N3O4. The number of nitrogens with zero attached hydrogens (tertiary/aromatic N) is 3. The summed E-state index contributed by atoms with van der Waals surface area (Å²) in [7, 11) is 0. The number of anilines is 1. The number of rotatable bonds is 7. The molecule has 0 bridgehead atoms. The molecule has 7 nitrogen and oxygen atoms in total. The van der Waals surface area contributed by atoms with Gasteiger partial charge in [0, 0.05) is 25.2 Å². The zero-order chi connectivity index (χ0) is 22.9. The second-order valence-corrected chi connectivity index (χ2v) is 6.52. The first kappa shape index (κ1) is 24.9. The molecule has 0 heterocycles. The van der Waals surface area contributed by atoms with E-state index in [4.69, 9.17) is 0 Å². The van der Waals surface area contributed by atoms with Crippen LogP contribution in [-0.4, -0.2) is 22.9 Å². The highest BCUT2D eigenvalue weighted by Gasteiger charge is 2.38. The van der Waals surface area contributed by atoms with Crippen molar-refractivity contribution in [2.24, 2.45) is 0 Å². The van der Waals surface area contributed by atoms with Gasteiger partial charge in [-0.05, 0) is 19.8 Å². The number of alkyl halides is 3. The SMILES string of the molecule is CCCN(CCC)c1c([N+](=O)[O-])cc(C(F)(F)F)cc1[N+](=O)[O-].Cc1ccccc1. The first-order chi connectivity index (χ1) is 14.0. The number of nitro groups is 2. The molecule has 2 aromatic rings. The number of hydrogen-bond donors (Lipinski definition) is 0. The lowest BCUT2D eigenvalue weighted by Gasteiger charge is -2.23. The molecule has 164 valence electrons. The van der Waals surface area contributed by atoms with Crippen LogP contribution in [0.3, 0.4) is 0 Å². The van der Waals surface area contributed by atoms with Crippen molar-refractivity contribution in [3.8, 4) is 0 Å². The highest BCUT2D eigenvalue weighted by Crippen LogP contribution is 2.43. The van der Waals surface area contributed by atoms with E-state index in [9.17, 15) is 33.4 Å². The second-order valence-electron chi connectivity index (χ2n) is 6.52. The Kier molecular flexibility index (Phi) is 9.22.